The average molecular weight is 566 g/mol. The van der Waals surface area contributed by atoms with Crippen LogP contribution in [0.15, 0.2) is 114 Å². The van der Waals surface area contributed by atoms with Gasteiger partial charge in [-0.05, 0) is 48.7 Å². The van der Waals surface area contributed by atoms with Gasteiger partial charge in [-0.2, -0.15) is 0 Å². The maximum Gasteiger partial charge on any atom is 0.331 e. The number of nitrogens with one attached hydrogen (secondary N) is 1. The standard InChI is InChI=1S/C34H32FN3O4/c35-26-19-17-25(18-20-26)32(39)31(34(41)42)37-30(24-12-5-2-6-13-24)27-14-7-8-15-28(27)36-33(40)29-16-9-21-38(29)22-23-10-3-1-4-11-23/h1-8,10-15,17-20,29,31-32,39H,9,16,21-22H2,(H,36,40)(H,41,42)/t29-,31-,32-/m0/s1. The molecule has 8 heteroatoms. The summed E-state index contributed by atoms with van der Waals surface area (Å²) in [7, 11) is 0. The molecule has 3 N–H and O–H groups in total. The highest BCUT2D eigenvalue weighted by Gasteiger charge is 2.32. The van der Waals surface area contributed by atoms with Crippen LogP contribution in [0.2, 0.25) is 0 Å². The van der Waals surface area contributed by atoms with E-state index in [1.807, 2.05) is 36.4 Å². The molecule has 0 unspecified atom stereocenters. The van der Waals surface area contributed by atoms with Gasteiger partial charge >= 0.3 is 5.97 Å². The van der Waals surface area contributed by atoms with Gasteiger partial charge in [-0.1, -0.05) is 91.0 Å². The number of anilines is 1. The number of benzene rings is 4. The minimum atomic E-state index is -1.59. The number of hydrogen-bond acceptors (Lipinski definition) is 5. The second kappa shape index (κ2) is 13.3. The van der Waals surface area contributed by atoms with Crippen molar-refractivity contribution in [2.24, 2.45) is 4.99 Å². The van der Waals surface area contributed by atoms with Crippen molar-refractivity contribution in [2.75, 3.05) is 11.9 Å². The molecular formula is C34H32FN3O4. The molecule has 0 spiro atoms. The molecule has 1 aliphatic rings. The number of likely N-dealkylation sites (tertiary alicyclic amines) is 1. The van der Waals surface area contributed by atoms with Crippen molar-refractivity contribution in [3.8, 4) is 0 Å². The first-order valence-electron chi connectivity index (χ1n) is 13.9. The van der Waals surface area contributed by atoms with Gasteiger partial charge in [-0.25, -0.2) is 9.18 Å². The third kappa shape index (κ3) is 6.79. The molecule has 1 saturated heterocycles. The van der Waals surface area contributed by atoms with Crippen LogP contribution in [0.4, 0.5) is 10.1 Å². The number of aliphatic carboxylic acids is 1. The first kappa shape index (κ1) is 28.9. The number of amides is 1. The van der Waals surface area contributed by atoms with E-state index in [0.29, 0.717) is 29.1 Å². The van der Waals surface area contributed by atoms with E-state index < -0.39 is 23.9 Å². The molecule has 42 heavy (non-hydrogen) atoms. The molecule has 1 heterocycles. The summed E-state index contributed by atoms with van der Waals surface area (Å²) in [6.45, 7) is 1.48. The van der Waals surface area contributed by atoms with E-state index in [4.69, 9.17) is 0 Å². The van der Waals surface area contributed by atoms with Gasteiger partial charge in [0.2, 0.25) is 5.91 Å². The molecule has 0 aromatic heterocycles. The van der Waals surface area contributed by atoms with Gasteiger partial charge in [0.25, 0.3) is 0 Å². The quantitative estimate of drug-likeness (QED) is 0.222. The first-order chi connectivity index (χ1) is 20.4. The highest BCUT2D eigenvalue weighted by molar-refractivity contribution is 6.17. The number of carbonyl (C=O) groups excluding carboxylic acids is 1. The number of carbonyl (C=O) groups is 2. The van der Waals surface area contributed by atoms with Gasteiger partial charge in [0.15, 0.2) is 6.04 Å². The van der Waals surface area contributed by atoms with Gasteiger partial charge in [-0.3, -0.25) is 14.7 Å². The third-order valence-corrected chi connectivity index (χ3v) is 7.41. The zero-order chi connectivity index (χ0) is 29.5. The molecule has 1 aliphatic heterocycles. The van der Waals surface area contributed by atoms with Gasteiger partial charge in [0.1, 0.15) is 11.9 Å². The van der Waals surface area contributed by atoms with E-state index in [0.717, 1.165) is 37.1 Å². The SMILES string of the molecule is O=C(O)[C@@H](N=C(c1ccccc1)c1ccccc1NC(=O)[C@@H]1CCCN1Cc1ccccc1)[C@@H](O)c1ccc(F)cc1. The number of aliphatic imine (C=N–C) groups is 1. The lowest BCUT2D eigenvalue weighted by Gasteiger charge is -2.24. The largest absolute Gasteiger partial charge is 0.480 e. The number of rotatable bonds is 10. The molecule has 1 amide bonds. The number of carboxylic acid groups (broad SMARTS) is 1. The Balaban J connectivity index is 1.48. The van der Waals surface area contributed by atoms with Crippen molar-refractivity contribution in [1.82, 2.24) is 4.90 Å². The van der Waals surface area contributed by atoms with Crippen LogP contribution in [0.3, 0.4) is 0 Å². The number of aliphatic hydroxyl groups excluding tert-OH is 1. The van der Waals surface area contributed by atoms with Gasteiger partial charge in [-0.15, -0.1) is 0 Å². The Morgan fingerprint density at radius 3 is 2.24 bits per heavy atom. The summed E-state index contributed by atoms with van der Waals surface area (Å²) in [4.78, 5) is 32.7. The fourth-order valence-electron chi connectivity index (χ4n) is 5.28. The van der Waals surface area contributed by atoms with Crippen LogP contribution in [0, 0.1) is 5.82 Å². The molecule has 4 aromatic carbocycles. The van der Waals surface area contributed by atoms with Gasteiger partial charge < -0.3 is 15.5 Å². The minimum absolute atomic E-state index is 0.149. The Hall–Kier alpha value is -4.66. The molecule has 5 rings (SSSR count). The number of halogens is 1. The molecule has 0 bridgehead atoms. The van der Waals surface area contributed by atoms with Crippen molar-refractivity contribution < 1.29 is 24.2 Å². The summed E-state index contributed by atoms with van der Waals surface area (Å²) in [6.07, 6.45) is 0.101. The van der Waals surface area contributed by atoms with Crippen LogP contribution >= 0.6 is 0 Å². The summed E-state index contributed by atoms with van der Waals surface area (Å²) < 4.78 is 13.5. The molecule has 3 atom stereocenters. The molecule has 7 nitrogen and oxygen atoms in total. The molecule has 214 valence electrons. The lowest BCUT2D eigenvalue weighted by atomic mass is 9.98. The molecule has 0 saturated carbocycles. The number of aliphatic hydroxyl groups is 1. The number of carboxylic acids is 1. The minimum Gasteiger partial charge on any atom is -0.480 e. The predicted molar refractivity (Wildman–Crippen MR) is 160 cm³/mol. The van der Waals surface area contributed by atoms with Crippen molar-refractivity contribution in [1.29, 1.82) is 0 Å². The molecule has 1 fully saturated rings. The molecule has 4 aromatic rings. The Morgan fingerprint density at radius 2 is 1.55 bits per heavy atom. The summed E-state index contributed by atoms with van der Waals surface area (Å²) >= 11 is 0. The molecule has 0 radical (unpaired) electrons. The van der Waals surface area contributed by atoms with Gasteiger partial charge in [0.05, 0.1) is 17.4 Å². The predicted octanol–water partition coefficient (Wildman–Crippen LogP) is 5.45. The van der Waals surface area contributed by atoms with E-state index in [-0.39, 0.29) is 17.5 Å². The van der Waals surface area contributed by atoms with E-state index >= 15 is 0 Å². The van der Waals surface area contributed by atoms with Crippen LogP contribution < -0.4 is 5.32 Å². The van der Waals surface area contributed by atoms with Crippen molar-refractivity contribution >= 4 is 23.3 Å². The van der Waals surface area contributed by atoms with Crippen LogP contribution in [-0.2, 0) is 16.1 Å². The maximum absolute atomic E-state index is 13.6. The van der Waals surface area contributed by atoms with Crippen molar-refractivity contribution in [2.45, 2.75) is 37.6 Å². The monoisotopic (exact) mass is 565 g/mol. The fourth-order valence-corrected chi connectivity index (χ4v) is 5.28. The van der Waals surface area contributed by atoms with E-state index in [1.165, 1.54) is 12.1 Å². The van der Waals surface area contributed by atoms with Crippen LogP contribution in [0.5, 0.6) is 0 Å². The highest BCUT2D eigenvalue weighted by atomic mass is 19.1. The Labute approximate surface area is 244 Å². The Bertz CT molecular complexity index is 1540. The average Bonchev–Trinajstić information content (AvgIpc) is 3.47. The second-order valence-electron chi connectivity index (χ2n) is 10.3. The van der Waals surface area contributed by atoms with Crippen molar-refractivity contribution in [3.05, 3.63) is 137 Å². The fraction of sp³-hybridized carbons (Fsp3) is 0.206. The summed E-state index contributed by atoms with van der Waals surface area (Å²) in [5.74, 6) is -1.99. The zero-order valence-electron chi connectivity index (χ0n) is 22.9. The highest BCUT2D eigenvalue weighted by Crippen LogP contribution is 2.27. The Morgan fingerprint density at radius 1 is 0.905 bits per heavy atom. The summed E-state index contributed by atoms with van der Waals surface area (Å²) in [5.41, 5.74) is 3.27. The lowest BCUT2D eigenvalue weighted by molar-refractivity contribution is -0.141. The van der Waals surface area contributed by atoms with E-state index in [2.05, 4.69) is 15.2 Å². The van der Waals surface area contributed by atoms with Crippen molar-refractivity contribution in [3.63, 3.8) is 0 Å². The van der Waals surface area contributed by atoms with Gasteiger partial charge in [0, 0.05) is 17.7 Å². The van der Waals surface area contributed by atoms with Crippen LogP contribution in [0.25, 0.3) is 0 Å². The first-order valence-corrected chi connectivity index (χ1v) is 13.9. The smallest absolute Gasteiger partial charge is 0.331 e. The van der Waals surface area contributed by atoms with E-state index in [1.54, 1.807) is 48.5 Å². The Kier molecular flexibility index (Phi) is 9.16. The number of para-hydroxylation sites is 1. The normalized spacial score (nSPS) is 17.0. The summed E-state index contributed by atoms with van der Waals surface area (Å²) in [6, 6.07) is 29.2. The maximum atomic E-state index is 13.6. The lowest BCUT2D eigenvalue weighted by Crippen LogP contribution is -2.39. The second-order valence-corrected chi connectivity index (χ2v) is 10.3. The van der Waals surface area contributed by atoms with E-state index in [9.17, 15) is 24.2 Å². The number of hydrogen-bond donors (Lipinski definition) is 3. The topological polar surface area (TPSA) is 102 Å². The third-order valence-electron chi connectivity index (χ3n) is 7.41. The van der Waals surface area contributed by atoms with Crippen LogP contribution in [-0.4, -0.2) is 51.3 Å². The molecule has 0 aliphatic carbocycles. The molecular weight excluding hydrogens is 533 g/mol. The zero-order valence-corrected chi connectivity index (χ0v) is 22.9. The van der Waals surface area contributed by atoms with Crippen LogP contribution in [0.1, 0.15) is 41.2 Å². The summed E-state index contributed by atoms with van der Waals surface area (Å²) in [5, 5.41) is 24.2. The number of nitrogens with zero attached hydrogens (tertiary/aromatic N) is 2.